The van der Waals surface area contributed by atoms with E-state index in [4.69, 9.17) is 0 Å². The van der Waals surface area contributed by atoms with E-state index in [0.717, 1.165) is 37.4 Å². The van der Waals surface area contributed by atoms with Gasteiger partial charge in [0.25, 0.3) is 0 Å². The predicted molar refractivity (Wildman–Crippen MR) is 105 cm³/mol. The molecule has 2 amide bonds. The van der Waals surface area contributed by atoms with Crippen molar-refractivity contribution in [2.24, 2.45) is 5.92 Å². The molecule has 0 bridgehead atoms. The van der Waals surface area contributed by atoms with Gasteiger partial charge in [-0.25, -0.2) is 4.79 Å². The van der Waals surface area contributed by atoms with Crippen LogP contribution in [0.15, 0.2) is 48.8 Å². The Balaban J connectivity index is 1.55. The molecule has 3 rings (SSSR count). The van der Waals surface area contributed by atoms with Crippen molar-refractivity contribution < 1.29 is 4.79 Å². The largest absolute Gasteiger partial charge is 0.321 e. The first-order valence-electron chi connectivity index (χ1n) is 9.27. The van der Waals surface area contributed by atoms with Crippen LogP contribution in [-0.2, 0) is 6.54 Å². The summed E-state index contributed by atoms with van der Waals surface area (Å²) in [5.41, 5.74) is 3.27. The molecule has 1 aromatic carbocycles. The molecule has 1 aromatic heterocycles. The van der Waals surface area contributed by atoms with Gasteiger partial charge in [-0.2, -0.15) is 0 Å². The molecule has 1 fully saturated rings. The van der Waals surface area contributed by atoms with Crippen molar-refractivity contribution in [2.45, 2.75) is 33.4 Å². The minimum atomic E-state index is -0.0136. The lowest BCUT2D eigenvalue weighted by Crippen LogP contribution is -2.62. The van der Waals surface area contributed by atoms with Gasteiger partial charge in [0.05, 0.1) is 0 Å². The summed E-state index contributed by atoms with van der Waals surface area (Å²) in [6.45, 7) is 9.98. The van der Waals surface area contributed by atoms with E-state index < -0.39 is 0 Å². The van der Waals surface area contributed by atoms with Crippen molar-refractivity contribution >= 4 is 11.7 Å². The molecule has 0 unspecified atom stereocenters. The standard InChI is InChI=1S/C21H28N4O/c1-16(2)12-24(13-18-7-9-22-10-8-18)20-14-25(15-20)21(26)23-19-6-4-5-17(3)11-19/h4-11,16,20H,12-15H2,1-3H3,(H,23,26). The van der Waals surface area contributed by atoms with Crippen LogP contribution >= 0.6 is 0 Å². The maximum absolute atomic E-state index is 12.4. The fourth-order valence-corrected chi connectivity index (χ4v) is 3.31. The van der Waals surface area contributed by atoms with E-state index in [0.29, 0.717) is 12.0 Å². The van der Waals surface area contributed by atoms with E-state index in [1.807, 2.05) is 48.5 Å². The summed E-state index contributed by atoms with van der Waals surface area (Å²) < 4.78 is 0. The average molecular weight is 352 g/mol. The summed E-state index contributed by atoms with van der Waals surface area (Å²) in [5, 5.41) is 2.99. The zero-order chi connectivity index (χ0) is 18.5. The van der Waals surface area contributed by atoms with Crippen molar-refractivity contribution in [2.75, 3.05) is 25.0 Å². The van der Waals surface area contributed by atoms with Gasteiger partial charge in [0.1, 0.15) is 0 Å². The van der Waals surface area contributed by atoms with Crippen molar-refractivity contribution in [3.8, 4) is 0 Å². The third-order valence-electron chi connectivity index (χ3n) is 4.67. The van der Waals surface area contributed by atoms with Gasteiger partial charge in [-0.05, 0) is 48.2 Å². The Morgan fingerprint density at radius 2 is 2.00 bits per heavy atom. The van der Waals surface area contributed by atoms with Gasteiger partial charge in [0.2, 0.25) is 0 Å². The van der Waals surface area contributed by atoms with Gasteiger partial charge >= 0.3 is 6.03 Å². The van der Waals surface area contributed by atoms with Crippen LogP contribution in [0.2, 0.25) is 0 Å². The molecule has 1 N–H and O–H groups in total. The molecule has 0 spiro atoms. The van der Waals surface area contributed by atoms with Gasteiger partial charge in [0, 0.05) is 50.3 Å². The number of carbonyl (C=O) groups is 1. The van der Waals surface area contributed by atoms with Crippen LogP contribution in [0.25, 0.3) is 0 Å². The lowest BCUT2D eigenvalue weighted by atomic mass is 10.0. The number of nitrogens with one attached hydrogen (secondary N) is 1. The number of carbonyl (C=O) groups excluding carboxylic acids is 1. The highest BCUT2D eigenvalue weighted by Gasteiger charge is 2.35. The fraction of sp³-hybridized carbons (Fsp3) is 0.429. The third-order valence-corrected chi connectivity index (χ3v) is 4.67. The highest BCUT2D eigenvalue weighted by atomic mass is 16.2. The number of hydrogen-bond acceptors (Lipinski definition) is 3. The van der Waals surface area contributed by atoms with Crippen LogP contribution in [0.5, 0.6) is 0 Å². The number of aromatic nitrogens is 1. The Morgan fingerprint density at radius 3 is 2.65 bits per heavy atom. The fourth-order valence-electron chi connectivity index (χ4n) is 3.31. The minimum Gasteiger partial charge on any atom is -0.321 e. The van der Waals surface area contributed by atoms with Crippen LogP contribution in [0, 0.1) is 12.8 Å². The second-order valence-corrected chi connectivity index (χ2v) is 7.54. The highest BCUT2D eigenvalue weighted by Crippen LogP contribution is 2.20. The van der Waals surface area contributed by atoms with E-state index in [-0.39, 0.29) is 6.03 Å². The van der Waals surface area contributed by atoms with Crippen molar-refractivity contribution in [1.29, 1.82) is 0 Å². The summed E-state index contributed by atoms with van der Waals surface area (Å²) in [4.78, 5) is 20.9. The minimum absolute atomic E-state index is 0.0136. The number of nitrogens with zero attached hydrogens (tertiary/aromatic N) is 3. The summed E-state index contributed by atoms with van der Waals surface area (Å²) in [7, 11) is 0. The Hall–Kier alpha value is -2.40. The summed E-state index contributed by atoms with van der Waals surface area (Å²) in [5.74, 6) is 0.590. The second-order valence-electron chi connectivity index (χ2n) is 7.54. The number of likely N-dealkylation sites (tertiary alicyclic amines) is 1. The molecule has 138 valence electrons. The van der Waals surface area contributed by atoms with Crippen LogP contribution in [0.1, 0.15) is 25.0 Å². The summed E-state index contributed by atoms with van der Waals surface area (Å²) >= 11 is 0. The topological polar surface area (TPSA) is 48.5 Å². The van der Waals surface area contributed by atoms with Crippen molar-refractivity contribution in [3.05, 3.63) is 59.9 Å². The zero-order valence-electron chi connectivity index (χ0n) is 15.9. The first-order valence-corrected chi connectivity index (χ1v) is 9.27. The molecule has 1 saturated heterocycles. The summed E-state index contributed by atoms with van der Waals surface area (Å²) in [6, 6.07) is 12.4. The zero-order valence-corrected chi connectivity index (χ0v) is 15.9. The Labute approximate surface area is 156 Å². The number of amides is 2. The van der Waals surface area contributed by atoms with E-state index in [2.05, 4.69) is 41.2 Å². The molecule has 1 aliphatic heterocycles. The molecule has 5 heteroatoms. The Morgan fingerprint density at radius 1 is 1.27 bits per heavy atom. The molecule has 1 aliphatic rings. The smallest absolute Gasteiger partial charge is 0.321 e. The molecular weight excluding hydrogens is 324 g/mol. The lowest BCUT2D eigenvalue weighted by Gasteiger charge is -2.45. The van der Waals surface area contributed by atoms with E-state index in [9.17, 15) is 4.79 Å². The molecule has 0 atom stereocenters. The number of rotatable bonds is 6. The number of pyridine rings is 1. The van der Waals surface area contributed by atoms with Crippen LogP contribution in [0.4, 0.5) is 10.5 Å². The van der Waals surface area contributed by atoms with E-state index in [1.165, 1.54) is 5.56 Å². The molecule has 5 nitrogen and oxygen atoms in total. The number of urea groups is 1. The van der Waals surface area contributed by atoms with Gasteiger partial charge < -0.3 is 10.2 Å². The van der Waals surface area contributed by atoms with E-state index in [1.54, 1.807) is 0 Å². The van der Waals surface area contributed by atoms with E-state index >= 15 is 0 Å². The highest BCUT2D eigenvalue weighted by molar-refractivity contribution is 5.90. The monoisotopic (exact) mass is 352 g/mol. The molecule has 0 radical (unpaired) electrons. The number of aryl methyl sites for hydroxylation is 1. The Bertz CT molecular complexity index is 726. The second kappa shape index (κ2) is 8.32. The molecule has 2 heterocycles. The maximum atomic E-state index is 12.4. The third kappa shape index (κ3) is 4.82. The summed E-state index contributed by atoms with van der Waals surface area (Å²) in [6.07, 6.45) is 3.68. The van der Waals surface area contributed by atoms with Crippen LogP contribution in [0.3, 0.4) is 0 Å². The van der Waals surface area contributed by atoms with Gasteiger partial charge in [0.15, 0.2) is 0 Å². The van der Waals surface area contributed by atoms with Crippen LogP contribution < -0.4 is 5.32 Å². The average Bonchev–Trinajstić information content (AvgIpc) is 2.53. The maximum Gasteiger partial charge on any atom is 0.321 e. The van der Waals surface area contributed by atoms with Gasteiger partial charge in [-0.15, -0.1) is 0 Å². The first kappa shape index (κ1) is 18.4. The number of anilines is 1. The van der Waals surface area contributed by atoms with Gasteiger partial charge in [-0.3, -0.25) is 9.88 Å². The van der Waals surface area contributed by atoms with Crippen molar-refractivity contribution in [3.63, 3.8) is 0 Å². The quantitative estimate of drug-likeness (QED) is 0.861. The van der Waals surface area contributed by atoms with Crippen LogP contribution in [-0.4, -0.2) is 46.5 Å². The number of benzene rings is 1. The molecule has 0 aliphatic carbocycles. The molecule has 2 aromatic rings. The van der Waals surface area contributed by atoms with Crippen molar-refractivity contribution in [1.82, 2.24) is 14.8 Å². The molecular formula is C21H28N4O. The molecule has 26 heavy (non-hydrogen) atoms. The number of hydrogen-bond donors (Lipinski definition) is 1. The lowest BCUT2D eigenvalue weighted by molar-refractivity contribution is 0.0486. The Kier molecular flexibility index (Phi) is 5.89. The first-order chi connectivity index (χ1) is 12.5. The van der Waals surface area contributed by atoms with Gasteiger partial charge in [-0.1, -0.05) is 26.0 Å². The normalized spacial score (nSPS) is 14.6. The molecule has 0 saturated carbocycles. The predicted octanol–water partition coefficient (Wildman–Crippen LogP) is 3.76. The SMILES string of the molecule is Cc1cccc(NC(=O)N2CC(N(Cc3ccncc3)CC(C)C)C2)c1.